The highest BCUT2D eigenvalue weighted by molar-refractivity contribution is 6.76. The van der Waals surface area contributed by atoms with E-state index in [1.165, 1.54) is 0 Å². The number of aromatic hydroxyl groups is 1. The number of carbonyl (C=O) groups is 2. The summed E-state index contributed by atoms with van der Waals surface area (Å²) >= 11 is 0. The van der Waals surface area contributed by atoms with Crippen LogP contribution in [-0.4, -0.2) is 41.2 Å². The average molecular weight is 536 g/mol. The van der Waals surface area contributed by atoms with Crippen molar-refractivity contribution in [1.82, 2.24) is 9.55 Å². The number of hydrogen-bond acceptors (Lipinski definition) is 8. The third kappa shape index (κ3) is 4.21. The Morgan fingerprint density at radius 3 is 2.68 bits per heavy atom. The highest BCUT2D eigenvalue weighted by atomic mass is 28.3. The fourth-order valence-corrected chi connectivity index (χ4v) is 6.46. The maximum absolute atomic E-state index is 13.8. The molecule has 3 N–H and O–H groups in total. The Labute approximate surface area is 221 Å². The van der Waals surface area contributed by atoms with Gasteiger partial charge in [-0.1, -0.05) is 32.6 Å². The maximum Gasteiger partial charge on any atom is 0.355 e. The molecule has 1 atom stereocenters. The summed E-state index contributed by atoms with van der Waals surface area (Å²) in [6, 6.07) is 7.93. The largest absolute Gasteiger partial charge is 0.508 e. The van der Waals surface area contributed by atoms with Crippen molar-refractivity contribution in [2.24, 2.45) is 5.73 Å². The fraction of sp³-hybridized carbons (Fsp3) is 0.429. The van der Waals surface area contributed by atoms with E-state index in [2.05, 4.69) is 19.6 Å². The van der Waals surface area contributed by atoms with Crippen LogP contribution in [0.3, 0.4) is 0 Å². The van der Waals surface area contributed by atoms with Crippen molar-refractivity contribution in [1.29, 1.82) is 0 Å². The number of nitrogens with two attached hydrogens (primary N) is 1. The third-order valence-electron chi connectivity index (χ3n) is 7.52. The second kappa shape index (κ2) is 9.35. The standard InChI is InChI=1S/C28H33N3O6Si/c1-5-28(37-24(33)8-10-29)21-13-23-25-19(14-31(23)26(34)20(21)15-36-27(28)35)17(9-11-38(2,3)4)18-12-16(32)6-7-22(18)30-25/h6-7,12-13,32H,5,8-11,14-15,29H2,1-4H3. The lowest BCUT2D eigenvalue weighted by Crippen LogP contribution is -2.47. The van der Waals surface area contributed by atoms with Crippen LogP contribution >= 0.6 is 0 Å². The summed E-state index contributed by atoms with van der Waals surface area (Å²) in [5.74, 6) is -1.16. The Bertz CT molecular complexity index is 1540. The quantitative estimate of drug-likeness (QED) is 0.271. The number of aromatic nitrogens is 2. The van der Waals surface area contributed by atoms with Crippen molar-refractivity contribution in [2.45, 2.75) is 70.6 Å². The van der Waals surface area contributed by atoms with Gasteiger partial charge in [0.15, 0.2) is 0 Å². The number of ether oxygens (including phenoxy) is 2. The molecule has 0 radical (unpaired) electrons. The molecule has 0 bridgehead atoms. The molecule has 1 unspecified atom stereocenters. The van der Waals surface area contributed by atoms with Gasteiger partial charge >= 0.3 is 11.9 Å². The molecule has 2 aliphatic heterocycles. The number of nitrogens with zero attached hydrogens (tertiary/aromatic N) is 2. The van der Waals surface area contributed by atoms with Crippen LogP contribution in [0, 0.1) is 0 Å². The van der Waals surface area contributed by atoms with E-state index >= 15 is 0 Å². The van der Waals surface area contributed by atoms with Gasteiger partial charge in [-0.3, -0.25) is 9.59 Å². The van der Waals surface area contributed by atoms with Gasteiger partial charge in [-0.15, -0.1) is 0 Å². The van der Waals surface area contributed by atoms with Crippen LogP contribution in [0.25, 0.3) is 22.3 Å². The zero-order valence-electron chi connectivity index (χ0n) is 22.2. The number of esters is 2. The maximum atomic E-state index is 13.8. The molecule has 5 rings (SSSR count). The van der Waals surface area contributed by atoms with Crippen LogP contribution in [0.5, 0.6) is 5.75 Å². The summed E-state index contributed by atoms with van der Waals surface area (Å²) in [7, 11) is -1.40. The lowest BCUT2D eigenvalue weighted by atomic mass is 9.85. The van der Waals surface area contributed by atoms with Crippen LogP contribution in [-0.2, 0) is 44.2 Å². The summed E-state index contributed by atoms with van der Waals surface area (Å²) in [5, 5.41) is 11.1. The predicted octanol–water partition coefficient (Wildman–Crippen LogP) is 3.57. The van der Waals surface area contributed by atoms with E-state index in [-0.39, 0.29) is 37.3 Å². The molecule has 38 heavy (non-hydrogen) atoms. The molecule has 0 saturated carbocycles. The van der Waals surface area contributed by atoms with Crippen LogP contribution < -0.4 is 11.3 Å². The Hall–Kier alpha value is -3.50. The van der Waals surface area contributed by atoms with Crippen molar-refractivity contribution in [2.75, 3.05) is 6.54 Å². The normalized spacial score (nSPS) is 18.1. The zero-order chi connectivity index (χ0) is 27.4. The van der Waals surface area contributed by atoms with Crippen LogP contribution in [0.1, 0.15) is 42.0 Å². The lowest BCUT2D eigenvalue weighted by molar-refractivity contribution is -0.189. The van der Waals surface area contributed by atoms with E-state index < -0.39 is 25.6 Å². The van der Waals surface area contributed by atoms with E-state index in [9.17, 15) is 19.5 Å². The summed E-state index contributed by atoms with van der Waals surface area (Å²) in [6.07, 6.45) is 0.856. The molecule has 9 nitrogen and oxygen atoms in total. The molecule has 2 aliphatic rings. The lowest BCUT2D eigenvalue weighted by Gasteiger charge is -2.35. The Balaban J connectivity index is 1.74. The monoisotopic (exact) mass is 535 g/mol. The van der Waals surface area contributed by atoms with Gasteiger partial charge < -0.3 is 24.9 Å². The number of fused-ring (bicyclic) bond motifs is 5. The molecule has 200 valence electrons. The van der Waals surface area contributed by atoms with Crippen molar-refractivity contribution >= 4 is 30.9 Å². The van der Waals surface area contributed by atoms with Gasteiger partial charge in [-0.05, 0) is 42.7 Å². The SMILES string of the molecule is CCC1(OC(=O)CCN)C(=O)OCc2c1cc1n(c2=O)Cc2c-1nc1ccc(O)cc1c2CC[Si](C)(C)C. The number of aryl methyl sites for hydroxylation is 1. The van der Waals surface area contributed by atoms with Gasteiger partial charge in [0.05, 0.1) is 35.4 Å². The fourth-order valence-electron chi connectivity index (χ4n) is 5.46. The van der Waals surface area contributed by atoms with Crippen LogP contribution in [0.4, 0.5) is 0 Å². The van der Waals surface area contributed by atoms with Crippen LogP contribution in [0.2, 0.25) is 25.7 Å². The first-order valence-corrected chi connectivity index (χ1v) is 16.7. The highest BCUT2D eigenvalue weighted by Gasteiger charge is 2.50. The predicted molar refractivity (Wildman–Crippen MR) is 146 cm³/mol. The molecule has 1 aromatic carbocycles. The summed E-state index contributed by atoms with van der Waals surface area (Å²) in [6.45, 7) is 8.88. The molecule has 0 fully saturated rings. The van der Waals surface area contributed by atoms with E-state index in [4.69, 9.17) is 20.2 Å². The molecule has 0 saturated heterocycles. The van der Waals surface area contributed by atoms with Gasteiger partial charge in [0.2, 0.25) is 5.60 Å². The molecule has 0 amide bonds. The Kier molecular flexibility index (Phi) is 6.43. The minimum Gasteiger partial charge on any atom is -0.508 e. The van der Waals surface area contributed by atoms with Gasteiger partial charge in [-0.25, -0.2) is 9.78 Å². The number of rotatable bonds is 7. The molecule has 10 heteroatoms. The molecule has 3 aromatic rings. The number of pyridine rings is 2. The molecular weight excluding hydrogens is 502 g/mol. The minimum absolute atomic E-state index is 0.0576. The minimum atomic E-state index is -1.72. The van der Waals surface area contributed by atoms with Gasteiger partial charge in [-0.2, -0.15) is 0 Å². The first kappa shape index (κ1) is 26.1. The zero-order valence-corrected chi connectivity index (χ0v) is 23.2. The van der Waals surface area contributed by atoms with E-state index in [0.29, 0.717) is 29.1 Å². The smallest absolute Gasteiger partial charge is 0.355 e. The summed E-state index contributed by atoms with van der Waals surface area (Å²) in [5.41, 5.74) is 8.15. The highest BCUT2D eigenvalue weighted by Crippen LogP contribution is 2.42. The van der Waals surface area contributed by atoms with Gasteiger partial charge in [0.1, 0.15) is 12.4 Å². The first-order valence-electron chi connectivity index (χ1n) is 13.0. The first-order chi connectivity index (χ1) is 18.0. The molecular formula is C28H33N3O6Si. The average Bonchev–Trinajstić information content (AvgIpc) is 3.22. The number of phenolic OH excluding ortho intramolecular Hbond substituents is 1. The summed E-state index contributed by atoms with van der Waals surface area (Å²) in [4.78, 5) is 44.3. The summed E-state index contributed by atoms with van der Waals surface area (Å²) < 4.78 is 12.8. The van der Waals surface area contributed by atoms with Crippen molar-refractivity contribution < 1.29 is 24.2 Å². The van der Waals surface area contributed by atoms with E-state index in [1.807, 2.05) is 0 Å². The second-order valence-corrected chi connectivity index (χ2v) is 16.9. The number of cyclic esters (lactones) is 1. The number of hydrogen-bond donors (Lipinski definition) is 2. The molecule has 0 spiro atoms. The van der Waals surface area contributed by atoms with Crippen molar-refractivity contribution in [3.05, 3.63) is 56.9 Å². The molecule has 4 heterocycles. The molecule has 0 aliphatic carbocycles. The third-order valence-corrected chi connectivity index (χ3v) is 9.27. The topological polar surface area (TPSA) is 134 Å². The van der Waals surface area contributed by atoms with Gasteiger partial charge in [0.25, 0.3) is 5.56 Å². The van der Waals surface area contributed by atoms with Gasteiger partial charge in [0, 0.05) is 31.1 Å². The van der Waals surface area contributed by atoms with E-state index in [1.54, 1.807) is 35.8 Å². The number of phenols is 1. The van der Waals surface area contributed by atoms with Crippen molar-refractivity contribution in [3.63, 3.8) is 0 Å². The second-order valence-electron chi connectivity index (χ2n) is 11.3. The Morgan fingerprint density at radius 1 is 1.24 bits per heavy atom. The molecule has 2 aromatic heterocycles. The Morgan fingerprint density at radius 2 is 2.00 bits per heavy atom. The van der Waals surface area contributed by atoms with Crippen LogP contribution in [0.15, 0.2) is 29.1 Å². The number of carbonyl (C=O) groups excluding carboxylic acids is 2. The van der Waals surface area contributed by atoms with Crippen molar-refractivity contribution in [3.8, 4) is 17.1 Å². The van der Waals surface area contributed by atoms with E-state index in [0.717, 1.165) is 34.5 Å². The number of benzene rings is 1.